The Labute approximate surface area is 126 Å². The van der Waals surface area contributed by atoms with Crippen LogP contribution in [0.15, 0.2) is 18.2 Å². The Balaban J connectivity index is 2.16. The van der Waals surface area contributed by atoms with Crippen molar-refractivity contribution in [3.05, 3.63) is 34.6 Å². The van der Waals surface area contributed by atoms with Crippen molar-refractivity contribution >= 4 is 11.6 Å². The van der Waals surface area contributed by atoms with E-state index in [-0.39, 0.29) is 28.3 Å². The molecule has 1 saturated carbocycles. The summed E-state index contributed by atoms with van der Waals surface area (Å²) < 4.78 is 13.5. The summed E-state index contributed by atoms with van der Waals surface area (Å²) in [7, 11) is 0. The van der Waals surface area contributed by atoms with Crippen molar-refractivity contribution in [3.63, 3.8) is 0 Å². The SMILES string of the molecule is CC1CCC(C(C)(C)Cc2cccc(F)c2Cl)C(O)C1. The maximum atomic E-state index is 13.5. The molecule has 0 aromatic heterocycles. The van der Waals surface area contributed by atoms with E-state index in [2.05, 4.69) is 20.8 Å². The molecule has 1 aromatic rings. The number of aliphatic hydroxyl groups excluding tert-OH is 1. The molecule has 1 nitrogen and oxygen atoms in total. The average Bonchev–Trinajstić information content (AvgIpc) is 2.34. The van der Waals surface area contributed by atoms with Gasteiger partial charge in [0, 0.05) is 0 Å². The van der Waals surface area contributed by atoms with E-state index in [1.165, 1.54) is 6.07 Å². The van der Waals surface area contributed by atoms with Gasteiger partial charge >= 0.3 is 0 Å². The van der Waals surface area contributed by atoms with Crippen molar-refractivity contribution in [1.29, 1.82) is 0 Å². The van der Waals surface area contributed by atoms with Crippen LogP contribution in [0.25, 0.3) is 0 Å². The van der Waals surface area contributed by atoms with Crippen LogP contribution in [0.3, 0.4) is 0 Å². The van der Waals surface area contributed by atoms with Gasteiger partial charge in [-0.1, -0.05) is 50.9 Å². The zero-order valence-electron chi connectivity index (χ0n) is 12.5. The number of rotatable bonds is 3. The van der Waals surface area contributed by atoms with Crippen molar-refractivity contribution in [2.45, 2.75) is 52.6 Å². The van der Waals surface area contributed by atoms with Gasteiger partial charge in [0.1, 0.15) is 5.82 Å². The molecule has 0 amide bonds. The minimum atomic E-state index is -0.363. The molecule has 0 saturated heterocycles. The van der Waals surface area contributed by atoms with Crippen LogP contribution in [0.4, 0.5) is 4.39 Å². The summed E-state index contributed by atoms with van der Waals surface area (Å²) in [6.07, 6.45) is 3.48. The molecule has 1 fully saturated rings. The maximum Gasteiger partial charge on any atom is 0.142 e. The third kappa shape index (κ3) is 3.35. The van der Waals surface area contributed by atoms with E-state index in [0.717, 1.165) is 24.8 Å². The highest BCUT2D eigenvalue weighted by molar-refractivity contribution is 6.31. The van der Waals surface area contributed by atoms with Gasteiger partial charge in [-0.2, -0.15) is 0 Å². The minimum Gasteiger partial charge on any atom is -0.393 e. The highest BCUT2D eigenvalue weighted by Gasteiger charge is 2.38. The molecule has 1 N–H and O–H groups in total. The van der Waals surface area contributed by atoms with Crippen LogP contribution in [0.5, 0.6) is 0 Å². The summed E-state index contributed by atoms with van der Waals surface area (Å²) >= 11 is 6.06. The topological polar surface area (TPSA) is 20.2 Å². The van der Waals surface area contributed by atoms with Crippen LogP contribution >= 0.6 is 11.6 Å². The zero-order valence-corrected chi connectivity index (χ0v) is 13.3. The van der Waals surface area contributed by atoms with E-state index in [0.29, 0.717) is 12.3 Å². The van der Waals surface area contributed by atoms with E-state index in [1.54, 1.807) is 6.07 Å². The molecule has 3 atom stereocenters. The molecule has 112 valence electrons. The Morgan fingerprint density at radius 1 is 1.35 bits per heavy atom. The molecule has 1 aromatic carbocycles. The van der Waals surface area contributed by atoms with E-state index in [1.807, 2.05) is 6.07 Å². The van der Waals surface area contributed by atoms with Gasteiger partial charge in [-0.05, 0) is 48.1 Å². The van der Waals surface area contributed by atoms with E-state index in [9.17, 15) is 9.50 Å². The third-order valence-electron chi connectivity index (χ3n) is 4.76. The lowest BCUT2D eigenvalue weighted by Crippen LogP contribution is -2.39. The first kappa shape index (κ1) is 15.8. The van der Waals surface area contributed by atoms with Crippen LogP contribution < -0.4 is 0 Å². The molecule has 1 aliphatic carbocycles. The Morgan fingerprint density at radius 2 is 2.05 bits per heavy atom. The second-order valence-corrected chi connectivity index (χ2v) is 7.35. The molecule has 0 bridgehead atoms. The van der Waals surface area contributed by atoms with E-state index in [4.69, 9.17) is 11.6 Å². The Hall–Kier alpha value is -0.600. The van der Waals surface area contributed by atoms with Crippen molar-refractivity contribution in [2.75, 3.05) is 0 Å². The van der Waals surface area contributed by atoms with Crippen molar-refractivity contribution in [3.8, 4) is 0 Å². The Kier molecular flexibility index (Phi) is 4.76. The summed E-state index contributed by atoms with van der Waals surface area (Å²) in [5.41, 5.74) is 0.749. The number of hydrogen-bond acceptors (Lipinski definition) is 1. The number of benzene rings is 1. The van der Waals surface area contributed by atoms with E-state index >= 15 is 0 Å². The van der Waals surface area contributed by atoms with Gasteiger partial charge < -0.3 is 5.11 Å². The summed E-state index contributed by atoms with van der Waals surface area (Å²) in [5, 5.41) is 10.6. The Bertz CT molecular complexity index is 472. The standard InChI is InChI=1S/C17H24ClFO/c1-11-7-8-13(15(20)9-11)17(2,3)10-12-5-4-6-14(19)16(12)18/h4-6,11,13,15,20H,7-10H2,1-3H3. The summed E-state index contributed by atoms with van der Waals surface area (Å²) in [5.74, 6) is 0.477. The predicted octanol–water partition coefficient (Wildman–Crippen LogP) is 4.84. The molecule has 1 aliphatic rings. The molecule has 20 heavy (non-hydrogen) atoms. The second-order valence-electron chi connectivity index (χ2n) is 6.97. The number of aliphatic hydroxyl groups is 1. The highest BCUT2D eigenvalue weighted by Crippen LogP contribution is 2.43. The van der Waals surface area contributed by atoms with Crippen LogP contribution in [0, 0.1) is 23.1 Å². The second kappa shape index (κ2) is 6.03. The quantitative estimate of drug-likeness (QED) is 0.846. The molecule has 0 spiro atoms. The zero-order chi connectivity index (χ0) is 14.9. The van der Waals surface area contributed by atoms with Crippen LogP contribution in [-0.2, 0) is 6.42 Å². The maximum absolute atomic E-state index is 13.5. The van der Waals surface area contributed by atoms with Gasteiger partial charge in [-0.3, -0.25) is 0 Å². The number of hydrogen-bond donors (Lipinski definition) is 1. The predicted molar refractivity (Wildman–Crippen MR) is 81.4 cm³/mol. The lowest BCUT2D eigenvalue weighted by Gasteiger charge is -2.42. The fraction of sp³-hybridized carbons (Fsp3) is 0.647. The molecule has 3 unspecified atom stereocenters. The first-order valence-corrected chi connectivity index (χ1v) is 7.80. The molecule has 0 aliphatic heterocycles. The number of halogens is 2. The molecule has 2 rings (SSSR count). The van der Waals surface area contributed by atoms with Crippen molar-refractivity contribution < 1.29 is 9.50 Å². The summed E-state index contributed by atoms with van der Waals surface area (Å²) in [6, 6.07) is 4.97. The van der Waals surface area contributed by atoms with Crippen LogP contribution in [0.2, 0.25) is 5.02 Å². The van der Waals surface area contributed by atoms with Gasteiger partial charge in [0.15, 0.2) is 0 Å². The normalized spacial score (nSPS) is 27.6. The molecule has 0 radical (unpaired) electrons. The minimum absolute atomic E-state index is 0.0863. The molecular formula is C17H24ClFO. The molecule has 0 heterocycles. The van der Waals surface area contributed by atoms with Gasteiger partial charge in [0.25, 0.3) is 0 Å². The first-order valence-electron chi connectivity index (χ1n) is 7.42. The Morgan fingerprint density at radius 3 is 2.70 bits per heavy atom. The van der Waals surface area contributed by atoms with Crippen LogP contribution in [0.1, 0.15) is 45.6 Å². The smallest absolute Gasteiger partial charge is 0.142 e. The average molecular weight is 299 g/mol. The highest BCUT2D eigenvalue weighted by atomic mass is 35.5. The lowest BCUT2D eigenvalue weighted by atomic mass is 9.65. The first-order chi connectivity index (χ1) is 9.31. The molecular weight excluding hydrogens is 275 g/mol. The van der Waals surface area contributed by atoms with Crippen LogP contribution in [-0.4, -0.2) is 11.2 Å². The summed E-state index contributed by atoms with van der Waals surface area (Å²) in [6.45, 7) is 6.49. The van der Waals surface area contributed by atoms with Gasteiger partial charge in [0.2, 0.25) is 0 Å². The monoisotopic (exact) mass is 298 g/mol. The fourth-order valence-electron chi connectivity index (χ4n) is 3.57. The third-order valence-corrected chi connectivity index (χ3v) is 5.18. The van der Waals surface area contributed by atoms with Crippen molar-refractivity contribution in [2.24, 2.45) is 17.3 Å². The lowest BCUT2D eigenvalue weighted by molar-refractivity contribution is -0.0125. The fourth-order valence-corrected chi connectivity index (χ4v) is 3.76. The largest absolute Gasteiger partial charge is 0.393 e. The van der Waals surface area contributed by atoms with Gasteiger partial charge in [-0.25, -0.2) is 4.39 Å². The van der Waals surface area contributed by atoms with Crippen molar-refractivity contribution in [1.82, 2.24) is 0 Å². The molecule has 3 heteroatoms. The van der Waals surface area contributed by atoms with Gasteiger partial charge in [-0.15, -0.1) is 0 Å². The summed E-state index contributed by atoms with van der Waals surface area (Å²) in [4.78, 5) is 0. The van der Waals surface area contributed by atoms with E-state index < -0.39 is 0 Å². The van der Waals surface area contributed by atoms with Gasteiger partial charge in [0.05, 0.1) is 11.1 Å².